The summed E-state index contributed by atoms with van der Waals surface area (Å²) < 4.78 is 41.2. The van der Waals surface area contributed by atoms with Gasteiger partial charge in [0.15, 0.2) is 6.10 Å². The van der Waals surface area contributed by atoms with Gasteiger partial charge in [0.1, 0.15) is 5.75 Å². The summed E-state index contributed by atoms with van der Waals surface area (Å²) in [4.78, 5) is 24.5. The van der Waals surface area contributed by atoms with Crippen LogP contribution in [-0.4, -0.2) is 63.5 Å². The SMILES string of the molecule is COC(=O)/C=C1\C[C@@H](C[C@@H](OCc2ccc(OC)cc2)C(C)OCc2ccccc2)O[C@@](OC)(C(C)C)[C@H]1OC(C)=O. The van der Waals surface area contributed by atoms with Gasteiger partial charge in [0.05, 0.1) is 45.7 Å². The van der Waals surface area contributed by atoms with Gasteiger partial charge >= 0.3 is 11.9 Å². The maximum absolute atomic E-state index is 12.4. The lowest BCUT2D eigenvalue weighted by molar-refractivity contribution is -0.322. The first-order valence-corrected chi connectivity index (χ1v) is 14.2. The van der Waals surface area contributed by atoms with E-state index in [4.69, 9.17) is 33.2 Å². The number of esters is 2. The topological polar surface area (TPSA) is 98.8 Å². The Balaban J connectivity index is 1.89. The molecule has 2 aromatic rings. The molecule has 1 saturated heterocycles. The van der Waals surface area contributed by atoms with E-state index in [0.717, 1.165) is 16.9 Å². The molecule has 0 N–H and O–H groups in total. The van der Waals surface area contributed by atoms with Crippen LogP contribution in [0.25, 0.3) is 0 Å². The van der Waals surface area contributed by atoms with Crippen molar-refractivity contribution in [3.63, 3.8) is 0 Å². The zero-order valence-electron chi connectivity index (χ0n) is 25.7. The molecule has 3 rings (SSSR count). The summed E-state index contributed by atoms with van der Waals surface area (Å²) in [6, 6.07) is 17.6. The Kier molecular flexibility index (Phi) is 12.5. The average Bonchev–Trinajstić information content (AvgIpc) is 2.99. The van der Waals surface area contributed by atoms with Crippen molar-refractivity contribution in [1.29, 1.82) is 0 Å². The quantitative estimate of drug-likeness (QED) is 0.214. The summed E-state index contributed by atoms with van der Waals surface area (Å²) >= 11 is 0. The molecule has 9 heteroatoms. The van der Waals surface area contributed by atoms with Gasteiger partial charge in [-0.05, 0) is 42.2 Å². The lowest BCUT2D eigenvalue weighted by Gasteiger charge is -2.49. The van der Waals surface area contributed by atoms with Crippen molar-refractivity contribution in [3.05, 3.63) is 77.4 Å². The molecule has 0 amide bonds. The van der Waals surface area contributed by atoms with E-state index in [1.807, 2.05) is 75.4 Å². The molecule has 0 aliphatic carbocycles. The van der Waals surface area contributed by atoms with Crippen LogP contribution in [0.1, 0.15) is 51.7 Å². The smallest absolute Gasteiger partial charge is 0.330 e. The average molecular weight is 585 g/mol. The summed E-state index contributed by atoms with van der Waals surface area (Å²) in [5, 5.41) is 0. The number of ether oxygens (including phenoxy) is 7. The summed E-state index contributed by atoms with van der Waals surface area (Å²) in [5.74, 6) is -1.86. The Labute approximate surface area is 249 Å². The van der Waals surface area contributed by atoms with E-state index in [2.05, 4.69) is 0 Å². The highest BCUT2D eigenvalue weighted by atomic mass is 16.7. The van der Waals surface area contributed by atoms with Crippen LogP contribution < -0.4 is 4.74 Å². The largest absolute Gasteiger partial charge is 0.497 e. The first-order valence-electron chi connectivity index (χ1n) is 14.2. The minimum Gasteiger partial charge on any atom is -0.497 e. The Bertz CT molecular complexity index is 1160. The maximum Gasteiger partial charge on any atom is 0.330 e. The van der Waals surface area contributed by atoms with Crippen LogP contribution in [0, 0.1) is 5.92 Å². The number of benzene rings is 2. The zero-order chi connectivity index (χ0) is 30.7. The van der Waals surface area contributed by atoms with Crippen molar-refractivity contribution in [2.75, 3.05) is 21.3 Å². The fourth-order valence-corrected chi connectivity index (χ4v) is 5.11. The highest BCUT2D eigenvalue weighted by Gasteiger charge is 2.53. The molecular weight excluding hydrogens is 540 g/mol. The van der Waals surface area contributed by atoms with E-state index in [1.54, 1.807) is 7.11 Å². The third-order valence-corrected chi connectivity index (χ3v) is 7.43. The van der Waals surface area contributed by atoms with E-state index >= 15 is 0 Å². The Morgan fingerprint density at radius 3 is 2.17 bits per heavy atom. The van der Waals surface area contributed by atoms with Crippen molar-refractivity contribution < 1.29 is 42.7 Å². The molecule has 1 heterocycles. The molecule has 1 aliphatic rings. The lowest BCUT2D eigenvalue weighted by Crippen LogP contribution is -2.59. The lowest BCUT2D eigenvalue weighted by atomic mass is 9.83. The Morgan fingerprint density at radius 2 is 1.60 bits per heavy atom. The number of methoxy groups -OCH3 is 3. The molecule has 42 heavy (non-hydrogen) atoms. The fraction of sp³-hybridized carbons (Fsp3) is 0.515. The molecule has 2 aromatic carbocycles. The van der Waals surface area contributed by atoms with Crippen LogP contribution in [0.3, 0.4) is 0 Å². The third-order valence-electron chi connectivity index (χ3n) is 7.43. The van der Waals surface area contributed by atoms with E-state index in [0.29, 0.717) is 31.6 Å². The molecule has 9 nitrogen and oxygen atoms in total. The van der Waals surface area contributed by atoms with E-state index < -0.39 is 29.9 Å². The van der Waals surface area contributed by atoms with E-state index in [1.165, 1.54) is 27.2 Å². The number of hydrogen-bond acceptors (Lipinski definition) is 9. The molecule has 5 atom stereocenters. The molecule has 0 aromatic heterocycles. The minimum atomic E-state index is -1.33. The molecule has 1 unspecified atom stereocenters. The number of hydrogen-bond donors (Lipinski definition) is 0. The van der Waals surface area contributed by atoms with Gasteiger partial charge in [-0.3, -0.25) is 4.79 Å². The van der Waals surface area contributed by atoms with Crippen LogP contribution in [0.5, 0.6) is 5.75 Å². The molecule has 0 bridgehead atoms. The standard InChI is InChI=1S/C33H44O9/c1-22(2)33(38-7)32(41-24(4)34)27(18-31(35)37-6)17-29(42-33)19-30(23(3)39-20-25-11-9-8-10-12-25)40-21-26-13-15-28(36-5)16-14-26/h8-16,18,22-23,29-30,32H,17,19-21H2,1-7H3/b27-18+/t23?,29-,30+,32-,33-/m0/s1. The van der Waals surface area contributed by atoms with Crippen molar-refractivity contribution >= 4 is 11.9 Å². The second-order valence-electron chi connectivity index (χ2n) is 10.7. The van der Waals surface area contributed by atoms with Crippen LogP contribution in [0.4, 0.5) is 0 Å². The summed E-state index contributed by atoms with van der Waals surface area (Å²) in [6.07, 6.45) is 0.0318. The predicted molar refractivity (Wildman–Crippen MR) is 157 cm³/mol. The van der Waals surface area contributed by atoms with Crippen LogP contribution >= 0.6 is 0 Å². The number of rotatable bonds is 14. The third kappa shape index (κ3) is 8.88. The van der Waals surface area contributed by atoms with Gasteiger partial charge in [0, 0.05) is 32.4 Å². The predicted octanol–water partition coefficient (Wildman–Crippen LogP) is 5.39. The van der Waals surface area contributed by atoms with Crippen LogP contribution in [0.2, 0.25) is 0 Å². The van der Waals surface area contributed by atoms with Crippen molar-refractivity contribution in [1.82, 2.24) is 0 Å². The van der Waals surface area contributed by atoms with Gasteiger partial charge in [-0.15, -0.1) is 0 Å². The van der Waals surface area contributed by atoms with Gasteiger partial charge in [0.25, 0.3) is 0 Å². The fourth-order valence-electron chi connectivity index (χ4n) is 5.11. The Morgan fingerprint density at radius 1 is 0.952 bits per heavy atom. The molecule has 0 radical (unpaired) electrons. The molecule has 0 saturated carbocycles. The molecule has 1 fully saturated rings. The van der Waals surface area contributed by atoms with E-state index in [-0.39, 0.29) is 18.1 Å². The highest BCUT2D eigenvalue weighted by molar-refractivity contribution is 5.83. The van der Waals surface area contributed by atoms with E-state index in [9.17, 15) is 9.59 Å². The minimum absolute atomic E-state index is 0.235. The van der Waals surface area contributed by atoms with Crippen LogP contribution in [0.15, 0.2) is 66.2 Å². The maximum atomic E-state index is 12.4. The van der Waals surface area contributed by atoms with Crippen molar-refractivity contribution in [2.24, 2.45) is 5.92 Å². The number of carbonyl (C=O) groups excluding carboxylic acids is 2. The summed E-state index contributed by atoms with van der Waals surface area (Å²) in [5.41, 5.74) is 2.59. The second-order valence-corrected chi connectivity index (χ2v) is 10.7. The monoisotopic (exact) mass is 584 g/mol. The summed E-state index contributed by atoms with van der Waals surface area (Å²) in [7, 11) is 4.44. The first-order chi connectivity index (χ1) is 20.1. The molecular formula is C33H44O9. The van der Waals surface area contributed by atoms with Gasteiger partial charge in [-0.25, -0.2) is 4.79 Å². The zero-order valence-corrected chi connectivity index (χ0v) is 25.7. The molecule has 1 aliphatic heterocycles. The second kappa shape index (κ2) is 15.8. The molecule has 0 spiro atoms. The highest BCUT2D eigenvalue weighted by Crippen LogP contribution is 2.42. The number of carbonyl (C=O) groups is 2. The van der Waals surface area contributed by atoms with Gasteiger partial charge in [0.2, 0.25) is 5.79 Å². The normalized spacial score (nSPS) is 22.9. The summed E-state index contributed by atoms with van der Waals surface area (Å²) in [6.45, 7) is 7.90. The first kappa shape index (κ1) is 33.3. The van der Waals surface area contributed by atoms with Gasteiger partial charge in [-0.1, -0.05) is 56.3 Å². The van der Waals surface area contributed by atoms with Crippen molar-refractivity contribution in [3.8, 4) is 5.75 Å². The molecule has 230 valence electrons. The van der Waals surface area contributed by atoms with Crippen molar-refractivity contribution in [2.45, 2.75) is 84.0 Å². The van der Waals surface area contributed by atoms with Crippen LogP contribution in [-0.2, 0) is 51.2 Å². The Hall–Kier alpha value is -3.24. The van der Waals surface area contributed by atoms with Gasteiger partial charge < -0.3 is 33.2 Å². The van der Waals surface area contributed by atoms with Gasteiger partial charge in [-0.2, -0.15) is 0 Å².